The number of hydrogen-bond donors (Lipinski definition) is 1. The monoisotopic (exact) mass is 425 g/mol. The van der Waals surface area contributed by atoms with E-state index < -0.39 is 0 Å². The van der Waals surface area contributed by atoms with Crippen LogP contribution in [0.3, 0.4) is 0 Å². The summed E-state index contributed by atoms with van der Waals surface area (Å²) in [4.78, 5) is 31.1. The van der Waals surface area contributed by atoms with Gasteiger partial charge in [0.1, 0.15) is 6.10 Å². The van der Waals surface area contributed by atoms with Gasteiger partial charge in [0.05, 0.1) is 0 Å². The number of carbonyl (C=O) groups is 2. The highest BCUT2D eigenvalue weighted by Gasteiger charge is 2.58. The number of ether oxygens (including phenoxy) is 1. The lowest BCUT2D eigenvalue weighted by atomic mass is 9.52. The first kappa shape index (κ1) is 20.8. The summed E-state index contributed by atoms with van der Waals surface area (Å²) in [5, 5.41) is 2.85. The standard InChI is InChI=1S/C25H35N3O3/c1-3-28-21-7-4-18-17(19(21)5-9-23(28)29)10-13-25(2)20(18)6-8-22(25)31-24(30)27-16-11-14-26-15-12-16/h11-12,14-15,17-22H,3-10,13H2,1-2H3,(H,26,27,30)/t17-,18+,19+,20-,21+,22-,25-/m0/s1. The molecule has 0 bridgehead atoms. The van der Waals surface area contributed by atoms with Crippen molar-refractivity contribution in [2.75, 3.05) is 11.9 Å². The van der Waals surface area contributed by atoms with Gasteiger partial charge in [-0.3, -0.25) is 15.1 Å². The molecule has 7 atom stereocenters. The van der Waals surface area contributed by atoms with Crippen molar-refractivity contribution < 1.29 is 14.3 Å². The predicted molar refractivity (Wildman–Crippen MR) is 118 cm³/mol. The van der Waals surface area contributed by atoms with Gasteiger partial charge in [-0.25, -0.2) is 4.79 Å². The number of aromatic nitrogens is 1. The van der Waals surface area contributed by atoms with Gasteiger partial charge < -0.3 is 9.64 Å². The molecule has 0 spiro atoms. The van der Waals surface area contributed by atoms with Crippen molar-refractivity contribution in [1.29, 1.82) is 0 Å². The Morgan fingerprint density at radius 1 is 1.13 bits per heavy atom. The topological polar surface area (TPSA) is 71.5 Å². The van der Waals surface area contributed by atoms with E-state index in [2.05, 4.69) is 29.0 Å². The molecular weight excluding hydrogens is 390 g/mol. The van der Waals surface area contributed by atoms with Gasteiger partial charge in [0.25, 0.3) is 0 Å². The summed E-state index contributed by atoms with van der Waals surface area (Å²) in [5.74, 6) is 3.08. The van der Waals surface area contributed by atoms with E-state index in [1.807, 2.05) is 0 Å². The van der Waals surface area contributed by atoms with Crippen molar-refractivity contribution >= 4 is 17.7 Å². The lowest BCUT2D eigenvalue weighted by Gasteiger charge is -2.57. The van der Waals surface area contributed by atoms with E-state index in [0.29, 0.717) is 35.4 Å². The van der Waals surface area contributed by atoms with Crippen molar-refractivity contribution in [2.24, 2.45) is 29.1 Å². The molecule has 1 aliphatic heterocycles. The number of fused-ring (bicyclic) bond motifs is 5. The second-order valence-electron chi connectivity index (χ2n) is 10.3. The van der Waals surface area contributed by atoms with Crippen LogP contribution in [0.5, 0.6) is 0 Å². The lowest BCUT2D eigenvalue weighted by molar-refractivity contribution is -0.147. The van der Waals surface area contributed by atoms with Gasteiger partial charge in [-0.2, -0.15) is 0 Å². The highest BCUT2D eigenvalue weighted by molar-refractivity contribution is 5.84. The average molecular weight is 426 g/mol. The quantitative estimate of drug-likeness (QED) is 0.750. The highest BCUT2D eigenvalue weighted by Crippen LogP contribution is 2.62. The Morgan fingerprint density at radius 2 is 1.94 bits per heavy atom. The number of likely N-dealkylation sites (tertiary alicyclic amines) is 1. The maximum absolute atomic E-state index is 12.6. The number of carbonyl (C=O) groups excluding carboxylic acids is 2. The average Bonchev–Trinajstić information content (AvgIpc) is 3.10. The Balaban J connectivity index is 1.27. The number of rotatable bonds is 3. The van der Waals surface area contributed by atoms with Crippen LogP contribution in [0.1, 0.15) is 65.2 Å². The first-order valence-corrected chi connectivity index (χ1v) is 12.2. The molecule has 6 heteroatoms. The zero-order valence-corrected chi connectivity index (χ0v) is 18.8. The van der Waals surface area contributed by atoms with Gasteiger partial charge in [0, 0.05) is 42.5 Å². The number of hydrogen-bond acceptors (Lipinski definition) is 4. The smallest absolute Gasteiger partial charge is 0.411 e. The van der Waals surface area contributed by atoms with E-state index in [4.69, 9.17) is 4.74 Å². The van der Waals surface area contributed by atoms with E-state index in [1.54, 1.807) is 24.5 Å². The van der Waals surface area contributed by atoms with Crippen LogP contribution < -0.4 is 5.32 Å². The van der Waals surface area contributed by atoms with Crippen LogP contribution in [0, 0.1) is 29.1 Å². The minimum absolute atomic E-state index is 0.0157. The fourth-order valence-corrected chi connectivity index (χ4v) is 7.81. The van der Waals surface area contributed by atoms with E-state index in [1.165, 1.54) is 12.8 Å². The van der Waals surface area contributed by atoms with Crippen molar-refractivity contribution in [2.45, 2.75) is 77.4 Å². The summed E-state index contributed by atoms with van der Waals surface area (Å²) in [6.45, 7) is 5.33. The Bertz CT molecular complexity index is 831. The lowest BCUT2D eigenvalue weighted by Crippen LogP contribution is -2.57. The Labute approximate surface area is 185 Å². The normalized spacial score (nSPS) is 39.3. The number of piperidine rings is 1. The molecule has 0 unspecified atom stereocenters. The second kappa shape index (κ2) is 8.10. The summed E-state index contributed by atoms with van der Waals surface area (Å²) >= 11 is 0. The fraction of sp³-hybridized carbons (Fsp3) is 0.720. The van der Waals surface area contributed by atoms with Gasteiger partial charge in [0.2, 0.25) is 5.91 Å². The van der Waals surface area contributed by atoms with Crippen LogP contribution in [0.2, 0.25) is 0 Å². The second-order valence-corrected chi connectivity index (χ2v) is 10.3. The first-order valence-electron chi connectivity index (χ1n) is 12.2. The van der Waals surface area contributed by atoms with E-state index in [-0.39, 0.29) is 17.6 Å². The van der Waals surface area contributed by atoms with E-state index >= 15 is 0 Å². The molecule has 31 heavy (non-hydrogen) atoms. The molecule has 2 heterocycles. The Kier molecular flexibility index (Phi) is 5.43. The van der Waals surface area contributed by atoms with E-state index in [9.17, 15) is 9.59 Å². The minimum Gasteiger partial charge on any atom is -0.445 e. The van der Waals surface area contributed by atoms with Gasteiger partial charge in [-0.05, 0) is 87.7 Å². The van der Waals surface area contributed by atoms with Crippen LogP contribution in [0.4, 0.5) is 10.5 Å². The third-order valence-corrected chi connectivity index (χ3v) is 9.17. The van der Waals surface area contributed by atoms with Crippen LogP contribution in [-0.4, -0.2) is 40.6 Å². The van der Waals surface area contributed by atoms with Crippen molar-refractivity contribution in [3.05, 3.63) is 24.5 Å². The molecule has 2 amide bonds. The number of nitrogens with zero attached hydrogens (tertiary/aromatic N) is 2. The molecule has 6 nitrogen and oxygen atoms in total. The van der Waals surface area contributed by atoms with Gasteiger partial charge in [-0.15, -0.1) is 0 Å². The molecule has 1 N–H and O–H groups in total. The fourth-order valence-electron chi connectivity index (χ4n) is 7.81. The Morgan fingerprint density at radius 3 is 2.71 bits per heavy atom. The SMILES string of the molecule is CCN1C(=O)CC[C@@H]2[C@H]3CC[C@]4(C)[C@@H](OC(=O)Nc5ccncc5)CC[C@H]4[C@@H]3CC[C@H]21. The summed E-state index contributed by atoms with van der Waals surface area (Å²) in [7, 11) is 0. The molecule has 1 aromatic heterocycles. The number of nitrogens with one attached hydrogen (secondary N) is 1. The molecule has 0 radical (unpaired) electrons. The third-order valence-electron chi connectivity index (χ3n) is 9.17. The van der Waals surface area contributed by atoms with E-state index in [0.717, 1.165) is 51.0 Å². The van der Waals surface area contributed by atoms with Crippen LogP contribution in [-0.2, 0) is 9.53 Å². The van der Waals surface area contributed by atoms with Crippen molar-refractivity contribution in [3.8, 4) is 0 Å². The van der Waals surface area contributed by atoms with Crippen molar-refractivity contribution in [1.82, 2.24) is 9.88 Å². The minimum atomic E-state index is -0.353. The number of amides is 2. The molecule has 5 rings (SSSR count). The molecule has 1 aromatic rings. The summed E-state index contributed by atoms with van der Waals surface area (Å²) in [6, 6.07) is 4.01. The summed E-state index contributed by atoms with van der Waals surface area (Å²) in [6.07, 6.45) is 11.5. The number of pyridine rings is 1. The van der Waals surface area contributed by atoms with Gasteiger partial charge >= 0.3 is 6.09 Å². The van der Waals surface area contributed by atoms with Crippen LogP contribution in [0.15, 0.2) is 24.5 Å². The zero-order valence-electron chi connectivity index (χ0n) is 18.8. The van der Waals surface area contributed by atoms with Crippen molar-refractivity contribution in [3.63, 3.8) is 0 Å². The van der Waals surface area contributed by atoms with Crippen LogP contribution >= 0.6 is 0 Å². The van der Waals surface area contributed by atoms with Crippen LogP contribution in [0.25, 0.3) is 0 Å². The highest BCUT2D eigenvalue weighted by atomic mass is 16.6. The molecule has 0 aromatic carbocycles. The molecule has 1 saturated heterocycles. The molecule has 4 fully saturated rings. The molecule has 168 valence electrons. The maximum Gasteiger partial charge on any atom is 0.411 e. The summed E-state index contributed by atoms with van der Waals surface area (Å²) in [5.41, 5.74) is 0.785. The first-order chi connectivity index (χ1) is 15.0. The molecule has 4 aliphatic rings. The van der Waals surface area contributed by atoms with Gasteiger partial charge in [0.15, 0.2) is 0 Å². The largest absolute Gasteiger partial charge is 0.445 e. The molecule has 3 aliphatic carbocycles. The third kappa shape index (κ3) is 3.52. The molecule has 3 saturated carbocycles. The molecular formula is C25H35N3O3. The van der Waals surface area contributed by atoms with Gasteiger partial charge in [-0.1, -0.05) is 6.92 Å². The zero-order chi connectivity index (χ0) is 21.6. The predicted octanol–water partition coefficient (Wildman–Crippen LogP) is 4.86. The Hall–Kier alpha value is -2.11. The maximum atomic E-state index is 12.6. The number of anilines is 1. The summed E-state index contributed by atoms with van der Waals surface area (Å²) < 4.78 is 6.00.